The molecule has 0 bridgehead atoms. The van der Waals surface area contributed by atoms with E-state index in [-0.39, 0.29) is 5.91 Å². The zero-order valence-corrected chi connectivity index (χ0v) is 14.1. The first-order valence-corrected chi connectivity index (χ1v) is 8.36. The second-order valence-corrected chi connectivity index (χ2v) is 6.33. The SMILES string of the molecule is O=C(/C=C/c1cnc[nH]1)N1CCc2[nH]nc(-c3cccc(Cl)c3)c2C1. The molecule has 2 aromatic heterocycles. The molecule has 0 fully saturated rings. The van der Waals surface area contributed by atoms with Gasteiger partial charge in [-0.15, -0.1) is 0 Å². The molecule has 126 valence electrons. The van der Waals surface area contributed by atoms with Gasteiger partial charge in [0.05, 0.1) is 23.9 Å². The average Bonchev–Trinajstić information content (AvgIpc) is 3.28. The number of carbonyl (C=O) groups excluding carboxylic acids is 1. The summed E-state index contributed by atoms with van der Waals surface area (Å²) >= 11 is 6.09. The van der Waals surface area contributed by atoms with E-state index in [9.17, 15) is 4.79 Å². The van der Waals surface area contributed by atoms with Crippen LogP contribution in [0.1, 0.15) is 17.0 Å². The van der Waals surface area contributed by atoms with Gasteiger partial charge in [0.1, 0.15) is 0 Å². The van der Waals surface area contributed by atoms with Crippen molar-refractivity contribution in [3.8, 4) is 11.3 Å². The smallest absolute Gasteiger partial charge is 0.246 e. The van der Waals surface area contributed by atoms with E-state index in [0.717, 1.165) is 34.6 Å². The van der Waals surface area contributed by atoms with E-state index >= 15 is 0 Å². The Hall–Kier alpha value is -2.86. The van der Waals surface area contributed by atoms with Crippen molar-refractivity contribution in [2.75, 3.05) is 6.54 Å². The predicted molar refractivity (Wildman–Crippen MR) is 95.8 cm³/mol. The monoisotopic (exact) mass is 353 g/mol. The van der Waals surface area contributed by atoms with Gasteiger partial charge in [0, 0.05) is 47.4 Å². The second-order valence-electron chi connectivity index (χ2n) is 5.89. The minimum absolute atomic E-state index is 0.0292. The van der Waals surface area contributed by atoms with Crippen molar-refractivity contribution in [2.45, 2.75) is 13.0 Å². The number of fused-ring (bicyclic) bond motifs is 1. The fraction of sp³-hybridized carbons (Fsp3) is 0.167. The van der Waals surface area contributed by atoms with E-state index in [2.05, 4.69) is 20.2 Å². The van der Waals surface area contributed by atoms with Crippen molar-refractivity contribution < 1.29 is 4.79 Å². The molecule has 1 aliphatic rings. The van der Waals surface area contributed by atoms with E-state index in [1.165, 1.54) is 0 Å². The van der Waals surface area contributed by atoms with Gasteiger partial charge in [-0.05, 0) is 18.2 Å². The number of carbonyl (C=O) groups is 1. The van der Waals surface area contributed by atoms with Gasteiger partial charge < -0.3 is 9.88 Å². The molecular weight excluding hydrogens is 338 g/mol. The number of hydrogen-bond acceptors (Lipinski definition) is 3. The van der Waals surface area contributed by atoms with Crippen molar-refractivity contribution >= 4 is 23.6 Å². The molecule has 4 rings (SSSR count). The number of amides is 1. The summed E-state index contributed by atoms with van der Waals surface area (Å²) in [5.74, 6) is -0.0292. The Morgan fingerprint density at radius 3 is 3.08 bits per heavy atom. The van der Waals surface area contributed by atoms with Gasteiger partial charge in [-0.25, -0.2) is 4.98 Å². The van der Waals surface area contributed by atoms with Gasteiger partial charge >= 0.3 is 0 Å². The predicted octanol–water partition coefficient (Wildman–Crippen LogP) is 3.05. The molecule has 3 heterocycles. The van der Waals surface area contributed by atoms with Crippen molar-refractivity contribution in [3.05, 3.63) is 64.8 Å². The number of imidazole rings is 1. The Morgan fingerprint density at radius 1 is 1.36 bits per heavy atom. The molecule has 1 aromatic carbocycles. The lowest BCUT2D eigenvalue weighted by Crippen LogP contribution is -2.34. The molecule has 0 saturated heterocycles. The van der Waals surface area contributed by atoms with Gasteiger partial charge in [0.15, 0.2) is 0 Å². The third-order valence-corrected chi connectivity index (χ3v) is 4.50. The number of hydrogen-bond donors (Lipinski definition) is 2. The number of aromatic nitrogens is 4. The molecule has 25 heavy (non-hydrogen) atoms. The fourth-order valence-corrected chi connectivity index (χ4v) is 3.17. The van der Waals surface area contributed by atoms with E-state index in [1.807, 2.05) is 29.2 Å². The van der Waals surface area contributed by atoms with Gasteiger partial charge in [0.2, 0.25) is 5.91 Å². The maximum absolute atomic E-state index is 12.5. The Bertz CT molecular complexity index is 929. The maximum Gasteiger partial charge on any atom is 0.246 e. The lowest BCUT2D eigenvalue weighted by atomic mass is 10.0. The number of benzene rings is 1. The van der Waals surface area contributed by atoms with Crippen LogP contribution in [-0.2, 0) is 17.8 Å². The number of halogens is 1. The van der Waals surface area contributed by atoms with Crippen molar-refractivity contribution in [3.63, 3.8) is 0 Å². The van der Waals surface area contributed by atoms with Gasteiger partial charge in [-0.2, -0.15) is 5.10 Å². The number of nitrogens with zero attached hydrogens (tertiary/aromatic N) is 3. The quantitative estimate of drug-likeness (QED) is 0.710. The van der Waals surface area contributed by atoms with Crippen LogP contribution in [0.25, 0.3) is 17.3 Å². The van der Waals surface area contributed by atoms with Crippen molar-refractivity contribution in [1.29, 1.82) is 0 Å². The van der Waals surface area contributed by atoms with Crippen LogP contribution in [0.3, 0.4) is 0 Å². The Labute approximate surface area is 149 Å². The number of rotatable bonds is 3. The zero-order valence-electron chi connectivity index (χ0n) is 13.4. The second kappa shape index (κ2) is 6.57. The molecular formula is C18H16ClN5O. The summed E-state index contributed by atoms with van der Waals surface area (Å²) in [4.78, 5) is 21.2. The average molecular weight is 354 g/mol. The third-order valence-electron chi connectivity index (χ3n) is 4.27. The summed E-state index contributed by atoms with van der Waals surface area (Å²) < 4.78 is 0. The summed E-state index contributed by atoms with van der Waals surface area (Å²) in [6, 6.07) is 7.59. The standard InChI is InChI=1S/C18H16ClN5O/c19-13-3-1-2-12(8-13)18-15-10-24(7-6-16(15)22-23-18)17(25)5-4-14-9-20-11-21-14/h1-5,8-9,11H,6-7,10H2,(H,20,21)(H,22,23)/b5-4+. The number of H-pyrrole nitrogens is 2. The zero-order chi connectivity index (χ0) is 17.2. The lowest BCUT2D eigenvalue weighted by Gasteiger charge is -2.26. The summed E-state index contributed by atoms with van der Waals surface area (Å²) in [7, 11) is 0. The minimum atomic E-state index is -0.0292. The Morgan fingerprint density at radius 2 is 2.28 bits per heavy atom. The van der Waals surface area contributed by atoms with Crippen LogP contribution in [0.2, 0.25) is 5.02 Å². The first-order chi connectivity index (χ1) is 12.2. The lowest BCUT2D eigenvalue weighted by molar-refractivity contribution is -0.126. The fourth-order valence-electron chi connectivity index (χ4n) is 2.98. The van der Waals surface area contributed by atoms with E-state index < -0.39 is 0 Å². The maximum atomic E-state index is 12.5. The van der Waals surface area contributed by atoms with Crippen LogP contribution in [0, 0.1) is 0 Å². The van der Waals surface area contributed by atoms with E-state index in [1.54, 1.807) is 24.7 Å². The highest BCUT2D eigenvalue weighted by atomic mass is 35.5. The third kappa shape index (κ3) is 3.21. The molecule has 1 aliphatic heterocycles. The van der Waals surface area contributed by atoms with Crippen LogP contribution < -0.4 is 0 Å². The van der Waals surface area contributed by atoms with Crippen molar-refractivity contribution in [2.24, 2.45) is 0 Å². The molecule has 7 heteroatoms. The molecule has 0 radical (unpaired) electrons. The van der Waals surface area contributed by atoms with Crippen molar-refractivity contribution in [1.82, 2.24) is 25.1 Å². The normalized spacial score (nSPS) is 14.0. The summed E-state index contributed by atoms with van der Waals surface area (Å²) in [5.41, 5.74) is 4.74. The molecule has 6 nitrogen and oxygen atoms in total. The van der Waals surface area contributed by atoms with Crippen LogP contribution >= 0.6 is 11.6 Å². The van der Waals surface area contributed by atoms with E-state index in [0.29, 0.717) is 18.1 Å². The van der Waals surface area contributed by atoms with Crippen LogP contribution in [0.5, 0.6) is 0 Å². The van der Waals surface area contributed by atoms with Crippen LogP contribution in [0.4, 0.5) is 0 Å². The van der Waals surface area contributed by atoms with Crippen LogP contribution in [-0.4, -0.2) is 37.5 Å². The molecule has 0 atom stereocenters. The molecule has 0 spiro atoms. The molecule has 3 aromatic rings. The Balaban J connectivity index is 1.56. The molecule has 0 unspecified atom stereocenters. The minimum Gasteiger partial charge on any atom is -0.345 e. The highest BCUT2D eigenvalue weighted by molar-refractivity contribution is 6.30. The molecule has 2 N–H and O–H groups in total. The molecule has 0 aliphatic carbocycles. The van der Waals surface area contributed by atoms with Gasteiger partial charge in [-0.1, -0.05) is 23.7 Å². The summed E-state index contributed by atoms with van der Waals surface area (Å²) in [6.07, 6.45) is 7.31. The largest absolute Gasteiger partial charge is 0.345 e. The van der Waals surface area contributed by atoms with E-state index in [4.69, 9.17) is 11.6 Å². The van der Waals surface area contributed by atoms with Gasteiger partial charge in [0.25, 0.3) is 0 Å². The highest BCUT2D eigenvalue weighted by Crippen LogP contribution is 2.29. The van der Waals surface area contributed by atoms with Gasteiger partial charge in [-0.3, -0.25) is 9.89 Å². The highest BCUT2D eigenvalue weighted by Gasteiger charge is 2.24. The summed E-state index contributed by atoms with van der Waals surface area (Å²) in [5, 5.41) is 8.20. The number of nitrogens with one attached hydrogen (secondary N) is 2. The topological polar surface area (TPSA) is 77.7 Å². The Kier molecular flexibility index (Phi) is 4.11. The number of aromatic amines is 2. The van der Waals surface area contributed by atoms with Crippen LogP contribution in [0.15, 0.2) is 42.9 Å². The first kappa shape index (κ1) is 15.7. The molecule has 0 saturated carbocycles. The summed E-state index contributed by atoms with van der Waals surface area (Å²) in [6.45, 7) is 1.19. The molecule has 1 amide bonds. The first-order valence-electron chi connectivity index (χ1n) is 7.98.